The van der Waals surface area contributed by atoms with Gasteiger partial charge in [-0.2, -0.15) is 5.26 Å². The summed E-state index contributed by atoms with van der Waals surface area (Å²) in [6, 6.07) is 16.1. The molecule has 0 radical (unpaired) electrons. The molecule has 0 heterocycles. The third kappa shape index (κ3) is 2.92. The van der Waals surface area contributed by atoms with Gasteiger partial charge < -0.3 is 4.74 Å². The molecule has 0 bridgehead atoms. The van der Waals surface area contributed by atoms with Crippen LogP contribution in [0.1, 0.15) is 0 Å². The normalized spacial score (nSPS) is 10.7. The standard InChI is InChI=1S/C14H11NO3S/c15-10-11-18-12-6-8-14(9-7-12)19(16,17)13-4-2-1-3-5-13/h1-9H,11H2. The zero-order valence-electron chi connectivity index (χ0n) is 9.98. The van der Waals surface area contributed by atoms with Crippen LogP contribution < -0.4 is 4.74 Å². The highest BCUT2D eigenvalue weighted by Gasteiger charge is 2.16. The minimum atomic E-state index is -3.50. The van der Waals surface area contributed by atoms with Gasteiger partial charge in [0, 0.05) is 0 Å². The molecular weight excluding hydrogens is 262 g/mol. The topological polar surface area (TPSA) is 67.2 Å². The molecule has 0 amide bonds. The Morgan fingerprint density at radius 3 is 2.11 bits per heavy atom. The first-order valence-electron chi connectivity index (χ1n) is 5.54. The average molecular weight is 273 g/mol. The highest BCUT2D eigenvalue weighted by molar-refractivity contribution is 7.91. The Bertz CT molecular complexity index is 686. The summed E-state index contributed by atoms with van der Waals surface area (Å²) in [5.41, 5.74) is 0. The molecule has 96 valence electrons. The van der Waals surface area contributed by atoms with E-state index in [1.807, 2.05) is 6.07 Å². The Labute approximate surface area is 111 Å². The lowest BCUT2D eigenvalue weighted by atomic mass is 10.3. The van der Waals surface area contributed by atoms with Gasteiger partial charge >= 0.3 is 0 Å². The third-order valence-electron chi connectivity index (χ3n) is 2.49. The van der Waals surface area contributed by atoms with E-state index < -0.39 is 9.84 Å². The maximum absolute atomic E-state index is 12.3. The first-order valence-corrected chi connectivity index (χ1v) is 7.03. The van der Waals surface area contributed by atoms with Crippen molar-refractivity contribution in [1.29, 1.82) is 5.26 Å². The molecule has 0 atom stereocenters. The molecule has 0 spiro atoms. The molecular formula is C14H11NO3S. The number of rotatable bonds is 4. The van der Waals surface area contributed by atoms with Crippen LogP contribution in [-0.2, 0) is 9.84 Å². The Morgan fingerprint density at radius 1 is 0.947 bits per heavy atom. The van der Waals surface area contributed by atoms with Crippen molar-refractivity contribution in [3.63, 3.8) is 0 Å². The SMILES string of the molecule is N#CCOc1ccc(S(=O)(=O)c2ccccc2)cc1. The van der Waals surface area contributed by atoms with Crippen LogP contribution in [-0.4, -0.2) is 15.0 Å². The summed E-state index contributed by atoms with van der Waals surface area (Å²) in [5, 5.41) is 8.39. The van der Waals surface area contributed by atoms with Crippen LogP contribution in [0, 0.1) is 11.3 Å². The molecule has 0 aliphatic rings. The molecule has 0 unspecified atom stereocenters. The Balaban J connectivity index is 2.30. The zero-order chi connectivity index (χ0) is 13.7. The van der Waals surface area contributed by atoms with Crippen LogP contribution in [0.5, 0.6) is 5.75 Å². The average Bonchev–Trinajstić information content (AvgIpc) is 2.46. The highest BCUT2D eigenvalue weighted by atomic mass is 32.2. The number of ether oxygens (including phenoxy) is 1. The van der Waals surface area contributed by atoms with E-state index in [4.69, 9.17) is 10.00 Å². The second-order valence-electron chi connectivity index (χ2n) is 3.73. The van der Waals surface area contributed by atoms with Gasteiger partial charge in [0.2, 0.25) is 9.84 Å². The van der Waals surface area contributed by atoms with Crippen LogP contribution in [0.4, 0.5) is 0 Å². The minimum absolute atomic E-state index is 0.0647. The molecule has 4 nitrogen and oxygen atoms in total. The lowest BCUT2D eigenvalue weighted by Gasteiger charge is -2.06. The summed E-state index contributed by atoms with van der Waals surface area (Å²) in [5.74, 6) is 0.466. The van der Waals surface area contributed by atoms with Crippen LogP contribution in [0.3, 0.4) is 0 Å². The summed E-state index contributed by atoms with van der Waals surface area (Å²) < 4.78 is 29.6. The molecule has 2 aromatic rings. The summed E-state index contributed by atoms with van der Waals surface area (Å²) in [6.45, 7) is -0.0647. The van der Waals surface area contributed by atoms with Crippen LogP contribution in [0.15, 0.2) is 64.4 Å². The van der Waals surface area contributed by atoms with Crippen molar-refractivity contribution in [2.75, 3.05) is 6.61 Å². The van der Waals surface area contributed by atoms with E-state index in [1.165, 1.54) is 24.3 Å². The maximum atomic E-state index is 12.3. The monoisotopic (exact) mass is 273 g/mol. The quantitative estimate of drug-likeness (QED) is 0.858. The lowest BCUT2D eigenvalue weighted by molar-refractivity contribution is 0.368. The van der Waals surface area contributed by atoms with Crippen LogP contribution >= 0.6 is 0 Å². The molecule has 0 aliphatic carbocycles. The third-order valence-corrected chi connectivity index (χ3v) is 4.28. The molecule has 0 saturated carbocycles. The van der Waals surface area contributed by atoms with Crippen molar-refractivity contribution in [3.05, 3.63) is 54.6 Å². The summed E-state index contributed by atoms with van der Waals surface area (Å²) in [6.07, 6.45) is 0. The fourth-order valence-corrected chi connectivity index (χ4v) is 2.85. The van der Waals surface area contributed by atoms with E-state index in [9.17, 15) is 8.42 Å². The Kier molecular flexibility index (Phi) is 3.83. The fourth-order valence-electron chi connectivity index (χ4n) is 1.57. The van der Waals surface area contributed by atoms with E-state index >= 15 is 0 Å². The fraction of sp³-hybridized carbons (Fsp3) is 0.0714. The van der Waals surface area contributed by atoms with Gasteiger partial charge in [0.1, 0.15) is 11.8 Å². The van der Waals surface area contributed by atoms with Gasteiger partial charge in [-0.25, -0.2) is 8.42 Å². The van der Waals surface area contributed by atoms with E-state index in [0.29, 0.717) is 5.75 Å². The predicted octanol–water partition coefficient (Wildman–Crippen LogP) is 2.42. The molecule has 19 heavy (non-hydrogen) atoms. The molecule has 2 aromatic carbocycles. The second kappa shape index (κ2) is 5.55. The van der Waals surface area contributed by atoms with Crippen molar-refractivity contribution < 1.29 is 13.2 Å². The van der Waals surface area contributed by atoms with Crippen molar-refractivity contribution in [3.8, 4) is 11.8 Å². The number of sulfone groups is 1. The van der Waals surface area contributed by atoms with Gasteiger partial charge in [-0.15, -0.1) is 0 Å². The lowest BCUT2D eigenvalue weighted by Crippen LogP contribution is -2.02. The van der Waals surface area contributed by atoms with Crippen molar-refractivity contribution in [1.82, 2.24) is 0 Å². The van der Waals surface area contributed by atoms with Crippen LogP contribution in [0.25, 0.3) is 0 Å². The number of hydrogen-bond acceptors (Lipinski definition) is 4. The van der Waals surface area contributed by atoms with Gasteiger partial charge in [-0.3, -0.25) is 0 Å². The number of hydrogen-bond donors (Lipinski definition) is 0. The number of nitrogens with zero attached hydrogens (tertiary/aromatic N) is 1. The van der Waals surface area contributed by atoms with Crippen molar-refractivity contribution >= 4 is 9.84 Å². The molecule has 0 aliphatic heterocycles. The minimum Gasteiger partial charge on any atom is -0.479 e. The smallest absolute Gasteiger partial charge is 0.206 e. The summed E-state index contributed by atoms with van der Waals surface area (Å²) in [7, 11) is -3.50. The van der Waals surface area contributed by atoms with Crippen molar-refractivity contribution in [2.45, 2.75) is 9.79 Å². The van der Waals surface area contributed by atoms with Crippen molar-refractivity contribution in [2.24, 2.45) is 0 Å². The molecule has 0 aromatic heterocycles. The largest absolute Gasteiger partial charge is 0.479 e. The summed E-state index contributed by atoms with van der Waals surface area (Å²) >= 11 is 0. The highest BCUT2D eigenvalue weighted by Crippen LogP contribution is 2.22. The van der Waals surface area contributed by atoms with Gasteiger partial charge in [0.25, 0.3) is 0 Å². The maximum Gasteiger partial charge on any atom is 0.206 e. The first-order chi connectivity index (χ1) is 9.14. The molecule has 2 rings (SSSR count). The van der Waals surface area contributed by atoms with Gasteiger partial charge in [-0.1, -0.05) is 18.2 Å². The molecule has 5 heteroatoms. The zero-order valence-corrected chi connectivity index (χ0v) is 10.8. The number of nitriles is 1. The number of benzene rings is 2. The Hall–Kier alpha value is -2.32. The first kappa shape index (κ1) is 13.1. The van der Waals surface area contributed by atoms with E-state index in [1.54, 1.807) is 30.3 Å². The van der Waals surface area contributed by atoms with E-state index in [-0.39, 0.29) is 16.4 Å². The van der Waals surface area contributed by atoms with E-state index in [0.717, 1.165) is 0 Å². The van der Waals surface area contributed by atoms with Gasteiger partial charge in [-0.05, 0) is 36.4 Å². The molecule has 0 saturated heterocycles. The van der Waals surface area contributed by atoms with Gasteiger partial charge in [0.15, 0.2) is 6.61 Å². The molecule has 0 fully saturated rings. The second-order valence-corrected chi connectivity index (χ2v) is 5.68. The van der Waals surface area contributed by atoms with E-state index in [2.05, 4.69) is 0 Å². The summed E-state index contributed by atoms with van der Waals surface area (Å²) in [4.78, 5) is 0.448. The predicted molar refractivity (Wildman–Crippen MR) is 69.4 cm³/mol. The van der Waals surface area contributed by atoms with Gasteiger partial charge in [0.05, 0.1) is 9.79 Å². The Morgan fingerprint density at radius 2 is 1.53 bits per heavy atom. The van der Waals surface area contributed by atoms with Crippen LogP contribution in [0.2, 0.25) is 0 Å². The molecule has 0 N–H and O–H groups in total.